The van der Waals surface area contributed by atoms with Crippen molar-refractivity contribution >= 4 is 5.91 Å². The van der Waals surface area contributed by atoms with E-state index in [9.17, 15) is 14.7 Å². The van der Waals surface area contributed by atoms with E-state index in [-0.39, 0.29) is 17.8 Å². The molecule has 106 valence electrons. The normalized spacial score (nSPS) is 28.6. The van der Waals surface area contributed by atoms with Gasteiger partial charge in [-0.05, 0) is 19.4 Å². The summed E-state index contributed by atoms with van der Waals surface area (Å²) in [5, 5.41) is 9.86. The van der Waals surface area contributed by atoms with Crippen LogP contribution in [0.15, 0.2) is 17.1 Å². The van der Waals surface area contributed by atoms with Crippen LogP contribution in [-0.2, 0) is 0 Å². The number of fused-ring (bicyclic) bond motifs is 3. The quantitative estimate of drug-likeness (QED) is 0.659. The van der Waals surface area contributed by atoms with Gasteiger partial charge in [0.05, 0.1) is 0 Å². The van der Waals surface area contributed by atoms with Gasteiger partial charge in [0.1, 0.15) is 6.17 Å². The molecule has 0 aromatic carbocycles. The molecule has 2 fully saturated rings. The maximum atomic E-state index is 12.6. The third-order valence-corrected chi connectivity index (χ3v) is 4.52. The van der Waals surface area contributed by atoms with E-state index in [4.69, 9.17) is 0 Å². The molecule has 1 aromatic heterocycles. The van der Waals surface area contributed by atoms with Crippen LogP contribution < -0.4 is 10.9 Å². The van der Waals surface area contributed by atoms with Crippen molar-refractivity contribution in [3.8, 4) is 5.75 Å². The van der Waals surface area contributed by atoms with Gasteiger partial charge in [0.25, 0.3) is 5.91 Å². The van der Waals surface area contributed by atoms with Crippen molar-refractivity contribution in [2.24, 2.45) is 0 Å². The highest BCUT2D eigenvalue weighted by Gasteiger charge is 2.42. The van der Waals surface area contributed by atoms with E-state index in [0.717, 1.165) is 25.9 Å². The first kappa shape index (κ1) is 11.8. The van der Waals surface area contributed by atoms with Gasteiger partial charge in [-0.1, -0.05) is 0 Å². The maximum absolute atomic E-state index is 12.6. The molecule has 1 unspecified atom stereocenters. The molecule has 1 aromatic rings. The van der Waals surface area contributed by atoms with E-state index in [1.54, 1.807) is 4.90 Å². The van der Waals surface area contributed by atoms with Gasteiger partial charge in [0.15, 0.2) is 11.4 Å². The number of rotatable bonds is 0. The molecule has 0 aliphatic carbocycles. The van der Waals surface area contributed by atoms with Crippen LogP contribution in [0.1, 0.15) is 23.3 Å². The van der Waals surface area contributed by atoms with Gasteiger partial charge >= 0.3 is 0 Å². The summed E-state index contributed by atoms with van der Waals surface area (Å²) < 4.78 is 1.47. The monoisotopic (exact) mass is 276 g/mol. The molecular formula is C13H16N4O3. The molecule has 4 heterocycles. The molecule has 3 aliphatic heterocycles. The Kier molecular flexibility index (Phi) is 2.35. The number of carbonyl (C=O) groups is 1. The fourth-order valence-electron chi connectivity index (χ4n) is 3.49. The Balaban J connectivity index is 1.76. The van der Waals surface area contributed by atoms with E-state index in [0.29, 0.717) is 12.6 Å². The number of pyridine rings is 1. The summed E-state index contributed by atoms with van der Waals surface area (Å²) in [7, 11) is 0. The van der Waals surface area contributed by atoms with E-state index in [1.807, 2.05) is 0 Å². The summed E-state index contributed by atoms with van der Waals surface area (Å²) in [5.74, 6) is -0.743. The second-order valence-electron chi connectivity index (χ2n) is 5.64. The second-order valence-corrected chi connectivity index (χ2v) is 5.64. The summed E-state index contributed by atoms with van der Waals surface area (Å²) in [6, 6.07) is 1.66. The van der Waals surface area contributed by atoms with Crippen molar-refractivity contribution in [1.82, 2.24) is 14.5 Å². The van der Waals surface area contributed by atoms with Crippen molar-refractivity contribution in [1.29, 1.82) is 0 Å². The molecule has 3 aliphatic rings. The van der Waals surface area contributed by atoms with Crippen LogP contribution in [0.5, 0.6) is 5.75 Å². The molecule has 0 bridgehead atoms. The first-order valence-corrected chi connectivity index (χ1v) is 6.91. The molecule has 1 amide bonds. The Bertz CT molecular complexity index is 641. The number of amides is 1. The molecule has 0 saturated carbocycles. The fourth-order valence-corrected chi connectivity index (χ4v) is 3.49. The van der Waals surface area contributed by atoms with Crippen molar-refractivity contribution in [2.75, 3.05) is 25.1 Å². The summed E-state index contributed by atoms with van der Waals surface area (Å²) in [4.78, 5) is 28.2. The van der Waals surface area contributed by atoms with Crippen LogP contribution >= 0.6 is 0 Å². The number of piperazine rings is 1. The molecule has 0 spiro atoms. The van der Waals surface area contributed by atoms with Gasteiger partial charge in [-0.3, -0.25) is 19.2 Å². The van der Waals surface area contributed by atoms with Crippen molar-refractivity contribution in [2.45, 2.75) is 25.0 Å². The fraction of sp³-hybridized carbons (Fsp3) is 0.538. The number of aromatic nitrogens is 1. The van der Waals surface area contributed by atoms with Crippen LogP contribution in [0.25, 0.3) is 0 Å². The predicted molar refractivity (Wildman–Crippen MR) is 71.1 cm³/mol. The smallest absolute Gasteiger partial charge is 0.278 e. The Morgan fingerprint density at radius 1 is 1.30 bits per heavy atom. The third-order valence-electron chi connectivity index (χ3n) is 4.52. The molecular weight excluding hydrogens is 260 g/mol. The van der Waals surface area contributed by atoms with Crippen LogP contribution in [0.4, 0.5) is 0 Å². The van der Waals surface area contributed by atoms with Crippen molar-refractivity contribution in [3.63, 3.8) is 0 Å². The highest BCUT2D eigenvalue weighted by molar-refractivity contribution is 5.96. The van der Waals surface area contributed by atoms with Crippen LogP contribution in [0.3, 0.4) is 0 Å². The van der Waals surface area contributed by atoms with Crippen molar-refractivity contribution in [3.05, 3.63) is 28.2 Å². The average molecular weight is 276 g/mol. The predicted octanol–water partition coefficient (Wildman–Crippen LogP) is -0.643. The summed E-state index contributed by atoms with van der Waals surface area (Å²) in [6.45, 7) is 2.51. The third kappa shape index (κ3) is 1.49. The largest absolute Gasteiger partial charge is 0.502 e. The van der Waals surface area contributed by atoms with Crippen LogP contribution in [-0.4, -0.2) is 57.3 Å². The van der Waals surface area contributed by atoms with E-state index in [2.05, 4.69) is 10.3 Å². The zero-order valence-electron chi connectivity index (χ0n) is 11.0. The maximum Gasteiger partial charge on any atom is 0.278 e. The molecule has 0 radical (unpaired) electrons. The first-order chi connectivity index (χ1) is 9.65. The highest BCUT2D eigenvalue weighted by atomic mass is 16.3. The van der Waals surface area contributed by atoms with Gasteiger partial charge in [-0.2, -0.15) is 0 Å². The van der Waals surface area contributed by atoms with Crippen LogP contribution in [0, 0.1) is 0 Å². The van der Waals surface area contributed by atoms with Crippen LogP contribution in [0.2, 0.25) is 0 Å². The summed E-state index contributed by atoms with van der Waals surface area (Å²) in [5.41, 5.74) is 2.71. The number of aromatic hydroxyl groups is 1. The molecule has 2 saturated heterocycles. The molecule has 7 heteroatoms. The Morgan fingerprint density at radius 3 is 3.00 bits per heavy atom. The lowest BCUT2D eigenvalue weighted by atomic mass is 10.1. The van der Waals surface area contributed by atoms with E-state index < -0.39 is 11.2 Å². The Labute approximate surface area is 115 Å². The number of nitrogens with one attached hydrogen (secondary N) is 1. The minimum Gasteiger partial charge on any atom is -0.502 e. The van der Waals surface area contributed by atoms with E-state index in [1.165, 1.54) is 16.9 Å². The van der Waals surface area contributed by atoms with E-state index >= 15 is 0 Å². The number of hydrogen-bond acceptors (Lipinski definition) is 5. The summed E-state index contributed by atoms with van der Waals surface area (Å²) in [6.07, 6.45) is 3.66. The molecule has 4 rings (SSSR count). The summed E-state index contributed by atoms with van der Waals surface area (Å²) >= 11 is 0. The standard InChI is InChI=1S/C13H16N4O3/c18-9-3-5-17-11(12(9)19)13(20)16-6-8-2-1-4-15(8)7-10(16)14-17/h3,5,8,10,14,19H,1-2,4,6-7H2/t8?,10-/m0/s1. The first-order valence-electron chi connectivity index (χ1n) is 6.91. The minimum absolute atomic E-state index is 0.0418. The van der Waals surface area contributed by atoms with Gasteiger partial charge in [-0.15, -0.1) is 0 Å². The minimum atomic E-state index is -0.524. The number of hydrogen-bond donors (Lipinski definition) is 2. The lowest BCUT2D eigenvalue weighted by Crippen LogP contribution is -2.64. The van der Waals surface area contributed by atoms with Gasteiger partial charge < -0.3 is 15.4 Å². The topological polar surface area (TPSA) is 77.8 Å². The highest BCUT2D eigenvalue weighted by Crippen LogP contribution is 2.28. The second kappa shape index (κ2) is 3.99. The number of carbonyl (C=O) groups excluding carboxylic acids is 1. The molecule has 2 N–H and O–H groups in total. The Hall–Kier alpha value is -2.02. The Morgan fingerprint density at radius 2 is 2.15 bits per heavy atom. The van der Waals surface area contributed by atoms with Crippen molar-refractivity contribution < 1.29 is 9.90 Å². The molecule has 20 heavy (non-hydrogen) atoms. The zero-order chi connectivity index (χ0) is 13.9. The van der Waals surface area contributed by atoms with Gasteiger partial charge in [0.2, 0.25) is 5.43 Å². The average Bonchev–Trinajstić information content (AvgIpc) is 2.88. The SMILES string of the molecule is O=C1c2c(O)c(=O)ccn2N[C@@H]2CN3CCCC3CN12. The molecule has 2 atom stereocenters. The van der Waals surface area contributed by atoms with Gasteiger partial charge in [0, 0.05) is 31.4 Å². The number of nitrogens with zero attached hydrogens (tertiary/aromatic N) is 3. The zero-order valence-corrected chi connectivity index (χ0v) is 11.0. The lowest BCUT2D eigenvalue weighted by Gasteiger charge is -2.47. The lowest BCUT2D eigenvalue weighted by molar-refractivity contribution is 0.0318. The molecule has 7 nitrogen and oxygen atoms in total. The van der Waals surface area contributed by atoms with Gasteiger partial charge in [-0.25, -0.2) is 0 Å².